The van der Waals surface area contributed by atoms with E-state index in [0.29, 0.717) is 24.8 Å². The van der Waals surface area contributed by atoms with E-state index < -0.39 is 0 Å². The van der Waals surface area contributed by atoms with Gasteiger partial charge in [-0.15, -0.1) is 24.2 Å². The SMILES string of the molecule is Cc1ccc(SCCC(=O)N2C[C@@H](CN)[C@H](c3ccccc3)C2)cc1.Cl. The van der Waals surface area contributed by atoms with Gasteiger partial charge in [0.25, 0.3) is 0 Å². The van der Waals surface area contributed by atoms with Crippen molar-refractivity contribution >= 4 is 30.1 Å². The minimum absolute atomic E-state index is 0. The minimum Gasteiger partial charge on any atom is -0.342 e. The summed E-state index contributed by atoms with van der Waals surface area (Å²) in [5.41, 5.74) is 8.53. The molecule has 0 bridgehead atoms. The van der Waals surface area contributed by atoms with Crippen LogP contribution in [-0.2, 0) is 4.79 Å². The maximum absolute atomic E-state index is 12.6. The van der Waals surface area contributed by atoms with Crippen molar-refractivity contribution in [3.8, 4) is 0 Å². The van der Waals surface area contributed by atoms with Gasteiger partial charge in [-0.2, -0.15) is 0 Å². The average molecular weight is 391 g/mol. The Kier molecular flexibility index (Phi) is 8.01. The largest absolute Gasteiger partial charge is 0.342 e. The second-order valence-electron chi connectivity index (χ2n) is 6.72. The second kappa shape index (κ2) is 10.0. The van der Waals surface area contributed by atoms with E-state index in [2.05, 4.69) is 55.5 Å². The van der Waals surface area contributed by atoms with Gasteiger partial charge in [-0.25, -0.2) is 0 Å². The molecule has 1 fully saturated rings. The fourth-order valence-electron chi connectivity index (χ4n) is 3.44. The molecule has 26 heavy (non-hydrogen) atoms. The van der Waals surface area contributed by atoms with Crippen LogP contribution in [0.3, 0.4) is 0 Å². The number of aryl methyl sites for hydroxylation is 1. The Bertz CT molecular complexity index is 693. The number of nitrogens with two attached hydrogens (primary N) is 1. The van der Waals surface area contributed by atoms with Crippen molar-refractivity contribution in [1.29, 1.82) is 0 Å². The molecule has 2 aromatic carbocycles. The van der Waals surface area contributed by atoms with Crippen LogP contribution in [0.4, 0.5) is 0 Å². The number of hydrogen-bond acceptors (Lipinski definition) is 3. The van der Waals surface area contributed by atoms with Crippen LogP contribution in [0.2, 0.25) is 0 Å². The zero-order chi connectivity index (χ0) is 17.6. The van der Waals surface area contributed by atoms with Gasteiger partial charge >= 0.3 is 0 Å². The van der Waals surface area contributed by atoms with Crippen molar-refractivity contribution in [3.63, 3.8) is 0 Å². The number of amides is 1. The Labute approximate surface area is 166 Å². The number of hydrogen-bond donors (Lipinski definition) is 1. The maximum Gasteiger partial charge on any atom is 0.223 e. The number of likely N-dealkylation sites (tertiary alicyclic amines) is 1. The van der Waals surface area contributed by atoms with Crippen LogP contribution in [0.25, 0.3) is 0 Å². The monoisotopic (exact) mass is 390 g/mol. The van der Waals surface area contributed by atoms with E-state index >= 15 is 0 Å². The lowest BCUT2D eigenvalue weighted by Gasteiger charge is -2.17. The van der Waals surface area contributed by atoms with Crippen LogP contribution in [0.1, 0.15) is 23.5 Å². The van der Waals surface area contributed by atoms with E-state index in [0.717, 1.165) is 18.8 Å². The molecule has 5 heteroatoms. The first-order valence-electron chi connectivity index (χ1n) is 8.89. The summed E-state index contributed by atoms with van der Waals surface area (Å²) >= 11 is 1.75. The summed E-state index contributed by atoms with van der Waals surface area (Å²) in [4.78, 5) is 15.8. The topological polar surface area (TPSA) is 46.3 Å². The van der Waals surface area contributed by atoms with Gasteiger partial charge in [0, 0.05) is 36.1 Å². The molecule has 0 spiro atoms. The van der Waals surface area contributed by atoms with Gasteiger partial charge in [0.15, 0.2) is 0 Å². The lowest BCUT2D eigenvalue weighted by molar-refractivity contribution is -0.129. The third kappa shape index (κ3) is 5.26. The van der Waals surface area contributed by atoms with Crippen molar-refractivity contribution < 1.29 is 4.79 Å². The zero-order valence-corrected chi connectivity index (χ0v) is 16.8. The Morgan fingerprint density at radius 1 is 1.12 bits per heavy atom. The lowest BCUT2D eigenvalue weighted by Crippen LogP contribution is -2.30. The molecule has 1 saturated heterocycles. The Morgan fingerprint density at radius 3 is 2.46 bits per heavy atom. The molecule has 0 aliphatic carbocycles. The first-order valence-corrected chi connectivity index (χ1v) is 9.88. The quantitative estimate of drug-likeness (QED) is 0.755. The van der Waals surface area contributed by atoms with Crippen LogP contribution in [-0.4, -0.2) is 36.2 Å². The Balaban J connectivity index is 0.00000243. The highest BCUT2D eigenvalue weighted by molar-refractivity contribution is 7.99. The standard InChI is InChI=1S/C21H26N2OS.ClH/c1-16-7-9-19(10-8-16)25-12-11-21(24)23-14-18(13-22)20(15-23)17-5-3-2-4-6-17;/h2-10,18,20H,11-15,22H2,1H3;1H/t18-,20+;/m1./s1. The van der Waals surface area contributed by atoms with E-state index in [4.69, 9.17) is 5.73 Å². The van der Waals surface area contributed by atoms with Gasteiger partial charge in [0.05, 0.1) is 0 Å². The number of thioether (sulfide) groups is 1. The van der Waals surface area contributed by atoms with Gasteiger partial charge in [-0.3, -0.25) is 4.79 Å². The average Bonchev–Trinajstić information content (AvgIpc) is 3.08. The molecule has 140 valence electrons. The second-order valence-corrected chi connectivity index (χ2v) is 7.89. The van der Waals surface area contributed by atoms with E-state index in [1.165, 1.54) is 16.0 Å². The highest BCUT2D eigenvalue weighted by atomic mass is 35.5. The van der Waals surface area contributed by atoms with Crippen molar-refractivity contribution in [1.82, 2.24) is 4.90 Å². The lowest BCUT2D eigenvalue weighted by atomic mass is 9.89. The number of carbonyl (C=O) groups is 1. The van der Waals surface area contributed by atoms with Crippen molar-refractivity contribution in [2.45, 2.75) is 24.2 Å². The van der Waals surface area contributed by atoms with E-state index in [1.807, 2.05) is 11.0 Å². The fraction of sp³-hybridized carbons (Fsp3) is 0.381. The molecule has 2 N–H and O–H groups in total. The van der Waals surface area contributed by atoms with Gasteiger partial charge in [0.2, 0.25) is 5.91 Å². The smallest absolute Gasteiger partial charge is 0.223 e. The van der Waals surface area contributed by atoms with E-state index in [9.17, 15) is 4.79 Å². The first-order chi connectivity index (χ1) is 12.2. The normalized spacial score (nSPS) is 19.2. The Morgan fingerprint density at radius 2 is 1.81 bits per heavy atom. The van der Waals surface area contributed by atoms with E-state index in [1.54, 1.807) is 11.8 Å². The predicted octanol–water partition coefficient (Wildman–Crippen LogP) is 4.10. The van der Waals surface area contributed by atoms with Gasteiger partial charge in [0.1, 0.15) is 0 Å². The van der Waals surface area contributed by atoms with Gasteiger partial charge in [-0.05, 0) is 37.1 Å². The molecule has 0 unspecified atom stereocenters. The molecule has 2 atom stereocenters. The summed E-state index contributed by atoms with van der Waals surface area (Å²) < 4.78 is 0. The number of carbonyl (C=O) groups excluding carboxylic acids is 1. The van der Waals surface area contributed by atoms with E-state index in [-0.39, 0.29) is 18.3 Å². The summed E-state index contributed by atoms with van der Waals surface area (Å²) in [6.07, 6.45) is 0.581. The molecule has 1 amide bonds. The molecule has 3 nitrogen and oxygen atoms in total. The summed E-state index contributed by atoms with van der Waals surface area (Å²) in [7, 11) is 0. The number of nitrogens with zero attached hydrogens (tertiary/aromatic N) is 1. The van der Waals surface area contributed by atoms with Crippen LogP contribution in [0, 0.1) is 12.8 Å². The molecule has 2 aromatic rings. The molecule has 0 radical (unpaired) electrons. The first kappa shape index (κ1) is 20.8. The summed E-state index contributed by atoms with van der Waals surface area (Å²) in [5, 5.41) is 0. The predicted molar refractivity (Wildman–Crippen MR) is 112 cm³/mol. The van der Waals surface area contributed by atoms with Crippen molar-refractivity contribution in [2.24, 2.45) is 11.7 Å². The Hall–Kier alpha value is -1.49. The van der Waals surface area contributed by atoms with Crippen molar-refractivity contribution in [2.75, 3.05) is 25.4 Å². The molecular formula is C21H27ClN2OS. The third-order valence-electron chi connectivity index (χ3n) is 4.93. The fourth-order valence-corrected chi connectivity index (χ4v) is 4.28. The summed E-state index contributed by atoms with van der Waals surface area (Å²) in [6.45, 7) is 4.29. The molecule has 1 heterocycles. The number of halogens is 1. The molecule has 3 rings (SSSR count). The molecule has 0 saturated carbocycles. The maximum atomic E-state index is 12.6. The third-order valence-corrected chi connectivity index (χ3v) is 5.94. The van der Waals surface area contributed by atoms with Crippen LogP contribution in [0.15, 0.2) is 59.5 Å². The van der Waals surface area contributed by atoms with Crippen LogP contribution < -0.4 is 5.73 Å². The van der Waals surface area contributed by atoms with Crippen LogP contribution in [0.5, 0.6) is 0 Å². The van der Waals surface area contributed by atoms with Crippen molar-refractivity contribution in [3.05, 3.63) is 65.7 Å². The van der Waals surface area contributed by atoms with Gasteiger partial charge in [-0.1, -0.05) is 48.0 Å². The molecular weight excluding hydrogens is 364 g/mol. The summed E-state index contributed by atoms with van der Waals surface area (Å²) in [5.74, 6) is 1.79. The number of benzene rings is 2. The molecule has 1 aliphatic rings. The molecule has 1 aliphatic heterocycles. The summed E-state index contributed by atoms with van der Waals surface area (Å²) in [6, 6.07) is 18.9. The minimum atomic E-state index is 0. The van der Waals surface area contributed by atoms with Gasteiger partial charge < -0.3 is 10.6 Å². The highest BCUT2D eigenvalue weighted by Gasteiger charge is 2.34. The zero-order valence-electron chi connectivity index (χ0n) is 15.1. The van der Waals surface area contributed by atoms with Crippen LogP contribution >= 0.6 is 24.2 Å². The molecule has 0 aromatic heterocycles. The highest BCUT2D eigenvalue weighted by Crippen LogP contribution is 2.32. The number of rotatable bonds is 6.